The molecule has 2 nitrogen and oxygen atoms in total. The standard InChI is InChI=1S/C16H16N2.ClH/c1-12(13-5-3-2-4-6-13)15-8-10-18-9-7-14(17)11-16(15)18;/h2-12H,17H2,1H3;1H/t12-;/m0./s1. The van der Waals surface area contributed by atoms with Crippen molar-refractivity contribution in [1.29, 1.82) is 0 Å². The number of nitrogens with two attached hydrogens (primary N) is 1. The van der Waals surface area contributed by atoms with Crippen LogP contribution in [0.15, 0.2) is 60.9 Å². The number of nitrogens with zero attached hydrogens (tertiary/aromatic N) is 1. The molecule has 2 N–H and O–H groups in total. The summed E-state index contributed by atoms with van der Waals surface area (Å²) in [4.78, 5) is 0. The molecule has 1 aromatic carbocycles. The van der Waals surface area contributed by atoms with Crippen molar-refractivity contribution in [3.05, 3.63) is 72.1 Å². The second kappa shape index (κ2) is 5.37. The molecule has 3 aromatic rings. The number of halogens is 1. The van der Waals surface area contributed by atoms with Gasteiger partial charge in [-0.15, -0.1) is 12.4 Å². The SMILES string of the molecule is C[C@@H](c1ccccc1)c1ccn2ccc(N)cc12.Cl. The summed E-state index contributed by atoms with van der Waals surface area (Å²) < 4.78 is 2.12. The Bertz CT molecular complexity index is 674. The molecule has 0 aliphatic carbocycles. The van der Waals surface area contributed by atoms with E-state index in [1.165, 1.54) is 16.6 Å². The van der Waals surface area contributed by atoms with Crippen molar-refractivity contribution in [2.45, 2.75) is 12.8 Å². The Labute approximate surface area is 119 Å². The van der Waals surface area contributed by atoms with Gasteiger partial charge in [-0.1, -0.05) is 37.3 Å². The van der Waals surface area contributed by atoms with E-state index in [9.17, 15) is 0 Å². The first-order valence-electron chi connectivity index (χ1n) is 6.17. The van der Waals surface area contributed by atoms with Crippen LogP contribution < -0.4 is 5.73 Å². The molecule has 3 heteroatoms. The zero-order valence-electron chi connectivity index (χ0n) is 10.8. The Morgan fingerprint density at radius 1 is 1.00 bits per heavy atom. The smallest absolute Gasteiger partial charge is 0.0508 e. The highest BCUT2D eigenvalue weighted by Crippen LogP contribution is 2.28. The monoisotopic (exact) mass is 272 g/mol. The zero-order valence-corrected chi connectivity index (χ0v) is 11.6. The van der Waals surface area contributed by atoms with Gasteiger partial charge in [0.15, 0.2) is 0 Å². The molecule has 0 amide bonds. The predicted octanol–water partition coefficient (Wildman–Crippen LogP) is 4.10. The van der Waals surface area contributed by atoms with Gasteiger partial charge in [-0.3, -0.25) is 0 Å². The van der Waals surface area contributed by atoms with Crippen LogP contribution in [-0.4, -0.2) is 4.40 Å². The zero-order chi connectivity index (χ0) is 12.5. The van der Waals surface area contributed by atoms with Crippen molar-refractivity contribution in [2.75, 3.05) is 5.73 Å². The maximum absolute atomic E-state index is 5.88. The van der Waals surface area contributed by atoms with Crippen LogP contribution in [0.25, 0.3) is 5.52 Å². The van der Waals surface area contributed by atoms with Gasteiger partial charge < -0.3 is 10.1 Å². The molecule has 0 aliphatic heterocycles. The number of hydrogen-bond acceptors (Lipinski definition) is 1. The first kappa shape index (κ1) is 13.5. The van der Waals surface area contributed by atoms with Crippen molar-refractivity contribution in [3.63, 3.8) is 0 Å². The number of benzene rings is 1. The van der Waals surface area contributed by atoms with Gasteiger partial charge in [0.05, 0.1) is 5.52 Å². The van der Waals surface area contributed by atoms with E-state index in [2.05, 4.69) is 47.9 Å². The van der Waals surface area contributed by atoms with E-state index < -0.39 is 0 Å². The normalized spacial score (nSPS) is 12.1. The molecule has 0 saturated heterocycles. The first-order valence-corrected chi connectivity index (χ1v) is 6.17. The van der Waals surface area contributed by atoms with Crippen molar-refractivity contribution >= 4 is 23.6 Å². The second-order valence-corrected chi connectivity index (χ2v) is 4.66. The highest BCUT2D eigenvalue weighted by molar-refractivity contribution is 5.85. The number of rotatable bonds is 2. The molecule has 2 heterocycles. The Hall–Kier alpha value is -1.93. The number of hydrogen-bond donors (Lipinski definition) is 1. The van der Waals surface area contributed by atoms with Crippen molar-refractivity contribution in [1.82, 2.24) is 4.40 Å². The number of pyridine rings is 1. The lowest BCUT2D eigenvalue weighted by Gasteiger charge is -2.11. The van der Waals surface area contributed by atoms with Gasteiger partial charge in [0.1, 0.15) is 0 Å². The Morgan fingerprint density at radius 2 is 1.68 bits per heavy atom. The molecule has 0 bridgehead atoms. The lowest BCUT2D eigenvalue weighted by Crippen LogP contribution is -1.96. The third-order valence-corrected chi connectivity index (χ3v) is 3.49. The van der Waals surface area contributed by atoms with Gasteiger partial charge in [-0.2, -0.15) is 0 Å². The number of fused-ring (bicyclic) bond motifs is 1. The van der Waals surface area contributed by atoms with Crippen molar-refractivity contribution < 1.29 is 0 Å². The summed E-state index contributed by atoms with van der Waals surface area (Å²) in [5.74, 6) is 0.373. The third-order valence-electron chi connectivity index (χ3n) is 3.49. The molecule has 0 unspecified atom stereocenters. The second-order valence-electron chi connectivity index (χ2n) is 4.66. The third kappa shape index (κ3) is 2.45. The summed E-state index contributed by atoms with van der Waals surface area (Å²) in [6.07, 6.45) is 4.09. The minimum absolute atomic E-state index is 0. The topological polar surface area (TPSA) is 30.4 Å². The molecule has 0 aliphatic rings. The largest absolute Gasteiger partial charge is 0.399 e. The fourth-order valence-electron chi connectivity index (χ4n) is 2.42. The van der Waals surface area contributed by atoms with E-state index >= 15 is 0 Å². The van der Waals surface area contributed by atoms with Gasteiger partial charge in [0, 0.05) is 24.0 Å². The van der Waals surface area contributed by atoms with E-state index in [0.29, 0.717) is 5.92 Å². The fourth-order valence-corrected chi connectivity index (χ4v) is 2.42. The van der Waals surface area contributed by atoms with E-state index in [4.69, 9.17) is 5.73 Å². The van der Waals surface area contributed by atoms with Crippen LogP contribution in [0, 0.1) is 0 Å². The van der Waals surface area contributed by atoms with E-state index in [1.54, 1.807) is 0 Å². The van der Waals surface area contributed by atoms with E-state index in [1.807, 2.05) is 24.4 Å². The van der Waals surface area contributed by atoms with Gasteiger partial charge >= 0.3 is 0 Å². The summed E-state index contributed by atoms with van der Waals surface area (Å²) in [7, 11) is 0. The maximum Gasteiger partial charge on any atom is 0.0508 e. The van der Waals surface area contributed by atoms with Crippen LogP contribution >= 0.6 is 12.4 Å². The molecule has 0 spiro atoms. The fraction of sp³-hybridized carbons (Fsp3) is 0.125. The average molecular weight is 273 g/mol. The number of anilines is 1. The van der Waals surface area contributed by atoms with Crippen LogP contribution in [0.5, 0.6) is 0 Å². The first-order chi connectivity index (χ1) is 8.75. The summed E-state index contributed by atoms with van der Waals surface area (Å²) in [6, 6.07) is 16.7. The van der Waals surface area contributed by atoms with Crippen LogP contribution in [-0.2, 0) is 0 Å². The summed E-state index contributed by atoms with van der Waals surface area (Å²) >= 11 is 0. The van der Waals surface area contributed by atoms with Gasteiger partial charge in [0.2, 0.25) is 0 Å². The molecular formula is C16H17ClN2. The van der Waals surface area contributed by atoms with Crippen LogP contribution in [0.2, 0.25) is 0 Å². The van der Waals surface area contributed by atoms with Crippen molar-refractivity contribution in [2.24, 2.45) is 0 Å². The lowest BCUT2D eigenvalue weighted by atomic mass is 9.94. The maximum atomic E-state index is 5.88. The Morgan fingerprint density at radius 3 is 2.42 bits per heavy atom. The molecule has 0 saturated carbocycles. The number of aromatic nitrogens is 1. The van der Waals surface area contributed by atoms with E-state index in [-0.39, 0.29) is 12.4 Å². The van der Waals surface area contributed by atoms with Gasteiger partial charge in [-0.25, -0.2) is 0 Å². The van der Waals surface area contributed by atoms with Crippen LogP contribution in [0.3, 0.4) is 0 Å². The van der Waals surface area contributed by atoms with Crippen LogP contribution in [0.4, 0.5) is 5.69 Å². The summed E-state index contributed by atoms with van der Waals surface area (Å²) in [6.45, 7) is 2.23. The van der Waals surface area contributed by atoms with Gasteiger partial charge in [0.25, 0.3) is 0 Å². The molecule has 2 aromatic heterocycles. The highest BCUT2D eigenvalue weighted by atomic mass is 35.5. The van der Waals surface area contributed by atoms with Crippen LogP contribution in [0.1, 0.15) is 24.0 Å². The molecule has 98 valence electrons. The predicted molar refractivity (Wildman–Crippen MR) is 83.0 cm³/mol. The quantitative estimate of drug-likeness (QED) is 0.748. The minimum Gasteiger partial charge on any atom is -0.399 e. The Balaban J connectivity index is 0.00000133. The van der Waals surface area contributed by atoms with Crippen molar-refractivity contribution in [3.8, 4) is 0 Å². The lowest BCUT2D eigenvalue weighted by molar-refractivity contribution is 0.933. The molecule has 0 fully saturated rings. The summed E-state index contributed by atoms with van der Waals surface area (Å²) in [5.41, 5.74) is 10.5. The summed E-state index contributed by atoms with van der Waals surface area (Å²) in [5, 5.41) is 0. The molecule has 3 rings (SSSR count). The molecule has 0 radical (unpaired) electrons. The molecule has 19 heavy (non-hydrogen) atoms. The van der Waals surface area contributed by atoms with Gasteiger partial charge in [-0.05, 0) is 29.3 Å². The molecule has 1 atom stereocenters. The number of nitrogen functional groups attached to an aromatic ring is 1. The Kier molecular flexibility index (Phi) is 3.82. The molecular weight excluding hydrogens is 256 g/mol. The van der Waals surface area contributed by atoms with E-state index in [0.717, 1.165) is 5.69 Å². The minimum atomic E-state index is 0. The average Bonchev–Trinajstić information content (AvgIpc) is 2.82. The highest BCUT2D eigenvalue weighted by Gasteiger charge is 2.12.